The van der Waals surface area contributed by atoms with E-state index in [9.17, 15) is 0 Å². The third-order valence-corrected chi connectivity index (χ3v) is 3.74. The van der Waals surface area contributed by atoms with Crippen molar-refractivity contribution in [2.45, 2.75) is 32.7 Å². The number of aromatic nitrogens is 2. The van der Waals surface area contributed by atoms with Crippen molar-refractivity contribution in [1.29, 1.82) is 0 Å². The highest BCUT2D eigenvalue weighted by Gasteiger charge is 2.18. The molecule has 4 nitrogen and oxygen atoms in total. The van der Waals surface area contributed by atoms with Crippen molar-refractivity contribution in [3.63, 3.8) is 0 Å². The molecule has 0 aliphatic rings. The number of rotatable bonds is 6. The lowest BCUT2D eigenvalue weighted by Crippen LogP contribution is -2.34. The van der Waals surface area contributed by atoms with Crippen LogP contribution < -0.4 is 10.6 Å². The maximum absolute atomic E-state index is 5.90. The fraction of sp³-hybridized carbons (Fsp3) is 0.667. The molecular weight excluding hydrogens is 232 g/mol. The SMILES string of the molecule is CCc1c(N)ncnc1N(C)C(CC)CSC. The van der Waals surface area contributed by atoms with Gasteiger partial charge in [0.1, 0.15) is 18.0 Å². The van der Waals surface area contributed by atoms with Crippen LogP contribution in [0.3, 0.4) is 0 Å². The zero-order valence-electron chi connectivity index (χ0n) is 11.1. The van der Waals surface area contributed by atoms with E-state index in [2.05, 4.69) is 42.0 Å². The smallest absolute Gasteiger partial charge is 0.137 e. The minimum absolute atomic E-state index is 0.490. The Labute approximate surface area is 108 Å². The maximum atomic E-state index is 5.90. The molecule has 0 aliphatic carbocycles. The first kappa shape index (κ1) is 14.1. The summed E-state index contributed by atoms with van der Waals surface area (Å²) in [6.45, 7) is 4.29. The van der Waals surface area contributed by atoms with Gasteiger partial charge in [-0.1, -0.05) is 13.8 Å². The minimum Gasteiger partial charge on any atom is -0.383 e. The molecule has 0 amide bonds. The summed E-state index contributed by atoms with van der Waals surface area (Å²) in [5.41, 5.74) is 6.95. The van der Waals surface area contributed by atoms with Gasteiger partial charge in [0, 0.05) is 24.4 Å². The van der Waals surface area contributed by atoms with Crippen molar-refractivity contribution < 1.29 is 0 Å². The fourth-order valence-corrected chi connectivity index (χ4v) is 2.77. The van der Waals surface area contributed by atoms with Gasteiger partial charge in [-0.05, 0) is 19.1 Å². The molecule has 1 heterocycles. The van der Waals surface area contributed by atoms with Gasteiger partial charge in [0.05, 0.1) is 0 Å². The molecule has 0 spiro atoms. The topological polar surface area (TPSA) is 55.0 Å². The summed E-state index contributed by atoms with van der Waals surface area (Å²) >= 11 is 1.86. The van der Waals surface area contributed by atoms with E-state index in [0.29, 0.717) is 11.9 Å². The van der Waals surface area contributed by atoms with Crippen LogP contribution in [0.2, 0.25) is 0 Å². The van der Waals surface area contributed by atoms with Gasteiger partial charge in [0.25, 0.3) is 0 Å². The summed E-state index contributed by atoms with van der Waals surface area (Å²) in [6.07, 6.45) is 5.64. The van der Waals surface area contributed by atoms with Crippen molar-refractivity contribution in [3.8, 4) is 0 Å². The van der Waals surface area contributed by atoms with Crippen molar-refractivity contribution in [2.75, 3.05) is 29.7 Å². The van der Waals surface area contributed by atoms with Gasteiger partial charge < -0.3 is 10.6 Å². The second kappa shape index (κ2) is 6.69. The van der Waals surface area contributed by atoms with Gasteiger partial charge in [-0.25, -0.2) is 9.97 Å². The average molecular weight is 254 g/mol. The summed E-state index contributed by atoms with van der Waals surface area (Å²) in [7, 11) is 2.09. The van der Waals surface area contributed by atoms with E-state index >= 15 is 0 Å². The van der Waals surface area contributed by atoms with Crippen LogP contribution in [0.25, 0.3) is 0 Å². The third kappa shape index (κ3) is 3.25. The van der Waals surface area contributed by atoms with Gasteiger partial charge in [-0.2, -0.15) is 11.8 Å². The highest BCUT2D eigenvalue weighted by Crippen LogP contribution is 2.24. The molecule has 0 aromatic carbocycles. The zero-order chi connectivity index (χ0) is 12.8. The molecule has 0 saturated carbocycles. The number of nitrogens with two attached hydrogens (primary N) is 1. The monoisotopic (exact) mass is 254 g/mol. The molecule has 1 unspecified atom stereocenters. The molecule has 2 N–H and O–H groups in total. The van der Waals surface area contributed by atoms with E-state index < -0.39 is 0 Å². The molecular formula is C12H22N4S. The number of hydrogen-bond acceptors (Lipinski definition) is 5. The van der Waals surface area contributed by atoms with Crippen LogP contribution in [-0.2, 0) is 6.42 Å². The van der Waals surface area contributed by atoms with Crippen molar-refractivity contribution in [3.05, 3.63) is 11.9 Å². The summed E-state index contributed by atoms with van der Waals surface area (Å²) in [5, 5.41) is 0. The zero-order valence-corrected chi connectivity index (χ0v) is 11.9. The van der Waals surface area contributed by atoms with Crippen LogP contribution >= 0.6 is 11.8 Å². The van der Waals surface area contributed by atoms with Crippen LogP contribution in [0.1, 0.15) is 25.8 Å². The maximum Gasteiger partial charge on any atom is 0.137 e. The number of nitrogen functional groups attached to an aromatic ring is 1. The van der Waals surface area contributed by atoms with E-state index in [1.54, 1.807) is 6.33 Å². The van der Waals surface area contributed by atoms with E-state index in [4.69, 9.17) is 5.73 Å². The summed E-state index contributed by atoms with van der Waals surface area (Å²) in [4.78, 5) is 10.7. The molecule has 0 fully saturated rings. The first-order valence-corrected chi connectivity index (χ1v) is 7.36. The molecule has 1 aromatic rings. The Hall–Kier alpha value is -0.970. The van der Waals surface area contributed by atoms with Gasteiger partial charge in [0.15, 0.2) is 0 Å². The lowest BCUT2D eigenvalue weighted by molar-refractivity contribution is 0.662. The number of thioether (sulfide) groups is 1. The molecule has 17 heavy (non-hydrogen) atoms. The predicted molar refractivity (Wildman–Crippen MR) is 76.7 cm³/mol. The third-order valence-electron chi connectivity index (χ3n) is 3.02. The fourth-order valence-electron chi connectivity index (χ4n) is 1.93. The van der Waals surface area contributed by atoms with E-state index in [1.807, 2.05) is 11.8 Å². The molecule has 5 heteroatoms. The second-order valence-electron chi connectivity index (χ2n) is 4.04. The molecule has 0 radical (unpaired) electrons. The Kier molecular flexibility index (Phi) is 5.55. The minimum atomic E-state index is 0.490. The Morgan fingerprint density at radius 2 is 2.12 bits per heavy atom. The Morgan fingerprint density at radius 3 is 2.65 bits per heavy atom. The van der Waals surface area contributed by atoms with Gasteiger partial charge >= 0.3 is 0 Å². The van der Waals surface area contributed by atoms with Crippen LogP contribution in [-0.4, -0.2) is 35.1 Å². The lowest BCUT2D eigenvalue weighted by atomic mass is 10.1. The molecule has 96 valence electrons. The van der Waals surface area contributed by atoms with Crippen molar-refractivity contribution in [1.82, 2.24) is 9.97 Å². The molecule has 0 bridgehead atoms. The normalized spacial score (nSPS) is 12.5. The van der Waals surface area contributed by atoms with Crippen LogP contribution in [0.4, 0.5) is 11.6 Å². The quantitative estimate of drug-likeness (QED) is 0.843. The van der Waals surface area contributed by atoms with Gasteiger partial charge in [0.2, 0.25) is 0 Å². The summed E-state index contributed by atoms with van der Waals surface area (Å²) < 4.78 is 0. The number of anilines is 2. The predicted octanol–water partition coefficient (Wildman–Crippen LogP) is 2.20. The van der Waals surface area contributed by atoms with Crippen LogP contribution in [0, 0.1) is 0 Å². The van der Waals surface area contributed by atoms with Crippen molar-refractivity contribution >= 4 is 23.4 Å². The first-order chi connectivity index (χ1) is 8.15. The van der Waals surface area contributed by atoms with Gasteiger partial charge in [-0.3, -0.25) is 0 Å². The Balaban J connectivity index is 3.01. The second-order valence-corrected chi connectivity index (χ2v) is 4.95. The summed E-state index contributed by atoms with van der Waals surface area (Å²) in [5.74, 6) is 2.67. The lowest BCUT2D eigenvalue weighted by Gasteiger charge is -2.29. The Morgan fingerprint density at radius 1 is 1.41 bits per heavy atom. The largest absolute Gasteiger partial charge is 0.383 e. The van der Waals surface area contributed by atoms with Crippen LogP contribution in [0.15, 0.2) is 6.33 Å². The van der Waals surface area contributed by atoms with Crippen LogP contribution in [0.5, 0.6) is 0 Å². The standard InChI is InChI=1S/C12H22N4S/c1-5-9(7-17-4)16(3)12-10(6-2)11(13)14-8-15-12/h8-9H,5-7H2,1-4H3,(H2,13,14,15). The number of nitrogens with zero attached hydrogens (tertiary/aromatic N) is 3. The average Bonchev–Trinajstić information content (AvgIpc) is 2.34. The molecule has 1 aromatic heterocycles. The van der Waals surface area contributed by atoms with E-state index in [-0.39, 0.29) is 0 Å². The summed E-state index contributed by atoms with van der Waals surface area (Å²) in [6, 6.07) is 0.490. The highest BCUT2D eigenvalue weighted by atomic mass is 32.2. The van der Waals surface area contributed by atoms with E-state index in [1.165, 1.54) is 0 Å². The highest BCUT2D eigenvalue weighted by molar-refractivity contribution is 7.98. The number of hydrogen-bond donors (Lipinski definition) is 1. The molecule has 0 aliphatic heterocycles. The molecule has 1 rings (SSSR count). The van der Waals surface area contributed by atoms with E-state index in [0.717, 1.165) is 30.0 Å². The molecule has 0 saturated heterocycles. The van der Waals surface area contributed by atoms with Crippen molar-refractivity contribution in [2.24, 2.45) is 0 Å². The molecule has 1 atom stereocenters. The van der Waals surface area contributed by atoms with Gasteiger partial charge in [-0.15, -0.1) is 0 Å². The Bertz CT molecular complexity index is 356. The first-order valence-electron chi connectivity index (χ1n) is 5.96.